The van der Waals surface area contributed by atoms with Crippen molar-refractivity contribution in [2.75, 3.05) is 7.05 Å². The lowest BCUT2D eigenvalue weighted by Crippen LogP contribution is -2.26. The molecule has 0 fully saturated rings. The molecule has 0 aliphatic rings. The third-order valence-electron chi connectivity index (χ3n) is 2.75. The first-order chi connectivity index (χ1) is 9.82. The minimum absolute atomic E-state index is 0.157. The van der Waals surface area contributed by atoms with E-state index in [9.17, 15) is 18.5 Å². The molecule has 9 heteroatoms. The van der Waals surface area contributed by atoms with Crippen LogP contribution in [0.1, 0.15) is 4.88 Å². The molecule has 0 unspecified atom stereocenters. The Kier molecular flexibility index (Phi) is 4.77. The van der Waals surface area contributed by atoms with Gasteiger partial charge in [0.15, 0.2) is 4.90 Å². The minimum Gasteiger partial charge on any atom is -0.258 e. The molecule has 0 N–H and O–H groups in total. The Morgan fingerprint density at radius 3 is 2.62 bits per heavy atom. The Morgan fingerprint density at radius 2 is 2.05 bits per heavy atom. The molecule has 0 radical (unpaired) electrons. The third kappa shape index (κ3) is 3.49. The summed E-state index contributed by atoms with van der Waals surface area (Å²) >= 11 is 4.71. The maximum absolute atomic E-state index is 12.5. The largest absolute Gasteiger partial charge is 0.289 e. The van der Waals surface area contributed by atoms with Crippen LogP contribution >= 0.6 is 27.3 Å². The Morgan fingerprint density at radius 1 is 1.38 bits per heavy atom. The summed E-state index contributed by atoms with van der Waals surface area (Å²) in [6, 6.07) is 7.15. The van der Waals surface area contributed by atoms with Crippen LogP contribution in [0, 0.1) is 10.1 Å². The maximum Gasteiger partial charge on any atom is 0.289 e. The molecule has 0 aliphatic heterocycles. The van der Waals surface area contributed by atoms with E-state index in [1.807, 2.05) is 11.4 Å². The van der Waals surface area contributed by atoms with Gasteiger partial charge in [-0.3, -0.25) is 10.1 Å². The summed E-state index contributed by atoms with van der Waals surface area (Å²) in [6.07, 6.45) is 0. The molecule has 21 heavy (non-hydrogen) atoms. The molecular weight excluding hydrogens is 380 g/mol. The van der Waals surface area contributed by atoms with Gasteiger partial charge < -0.3 is 0 Å². The van der Waals surface area contributed by atoms with E-state index in [-0.39, 0.29) is 11.4 Å². The highest BCUT2D eigenvalue weighted by molar-refractivity contribution is 9.10. The molecule has 0 saturated heterocycles. The normalized spacial score (nSPS) is 11.8. The summed E-state index contributed by atoms with van der Waals surface area (Å²) < 4.78 is 26.9. The quantitative estimate of drug-likeness (QED) is 0.579. The van der Waals surface area contributed by atoms with Gasteiger partial charge in [0.1, 0.15) is 0 Å². The Balaban J connectivity index is 2.35. The number of halogens is 1. The predicted octanol–water partition coefficient (Wildman–Crippen LogP) is 3.24. The minimum atomic E-state index is -3.92. The van der Waals surface area contributed by atoms with Crippen molar-refractivity contribution in [2.45, 2.75) is 11.4 Å². The van der Waals surface area contributed by atoms with E-state index in [1.165, 1.54) is 42.6 Å². The molecule has 0 atom stereocenters. The fourth-order valence-corrected chi connectivity index (χ4v) is 4.62. The summed E-state index contributed by atoms with van der Waals surface area (Å²) in [5.74, 6) is 0. The molecule has 2 rings (SSSR count). The van der Waals surface area contributed by atoms with Crippen LogP contribution in [-0.4, -0.2) is 24.7 Å². The van der Waals surface area contributed by atoms with Gasteiger partial charge in [-0.2, -0.15) is 4.31 Å². The van der Waals surface area contributed by atoms with Crippen LogP contribution in [0.4, 0.5) is 5.69 Å². The van der Waals surface area contributed by atoms with Crippen LogP contribution in [-0.2, 0) is 16.6 Å². The monoisotopic (exact) mass is 390 g/mol. The molecule has 1 heterocycles. The molecule has 0 amide bonds. The summed E-state index contributed by atoms with van der Waals surface area (Å²) in [7, 11) is -2.52. The van der Waals surface area contributed by atoms with Gasteiger partial charge in [0.25, 0.3) is 5.69 Å². The highest BCUT2D eigenvalue weighted by Gasteiger charge is 2.29. The number of sulfonamides is 1. The van der Waals surface area contributed by atoms with Crippen molar-refractivity contribution >= 4 is 43.0 Å². The molecule has 2 aromatic rings. The summed E-state index contributed by atoms with van der Waals surface area (Å²) in [6.45, 7) is 0.157. The van der Waals surface area contributed by atoms with Crippen molar-refractivity contribution in [3.63, 3.8) is 0 Å². The lowest BCUT2D eigenvalue weighted by molar-refractivity contribution is -0.387. The van der Waals surface area contributed by atoms with E-state index in [4.69, 9.17) is 0 Å². The fourth-order valence-electron chi connectivity index (χ4n) is 1.74. The number of nitrogens with zero attached hydrogens (tertiary/aromatic N) is 2. The zero-order valence-electron chi connectivity index (χ0n) is 10.9. The van der Waals surface area contributed by atoms with Gasteiger partial charge >= 0.3 is 0 Å². The first-order valence-corrected chi connectivity index (χ1v) is 8.86. The van der Waals surface area contributed by atoms with Crippen molar-refractivity contribution in [1.29, 1.82) is 0 Å². The van der Waals surface area contributed by atoms with Gasteiger partial charge in [-0.25, -0.2) is 8.42 Å². The Hall–Kier alpha value is -1.29. The lowest BCUT2D eigenvalue weighted by atomic mass is 10.3. The Bertz CT molecular complexity index is 773. The van der Waals surface area contributed by atoms with Crippen LogP contribution < -0.4 is 0 Å². The van der Waals surface area contributed by atoms with Crippen molar-refractivity contribution in [3.8, 4) is 0 Å². The van der Waals surface area contributed by atoms with Gasteiger partial charge in [-0.15, -0.1) is 11.3 Å². The molecule has 1 aromatic carbocycles. The molecule has 6 nitrogen and oxygen atoms in total. The van der Waals surface area contributed by atoms with Crippen LogP contribution in [0.3, 0.4) is 0 Å². The molecule has 0 aliphatic carbocycles. The second kappa shape index (κ2) is 6.22. The van der Waals surface area contributed by atoms with E-state index < -0.39 is 20.6 Å². The average Bonchev–Trinajstić information content (AvgIpc) is 2.84. The molecule has 0 saturated carbocycles. The lowest BCUT2D eigenvalue weighted by Gasteiger charge is -2.16. The average molecular weight is 391 g/mol. The summed E-state index contributed by atoms with van der Waals surface area (Å²) in [4.78, 5) is 10.8. The first kappa shape index (κ1) is 16.1. The number of para-hydroxylation sites is 1. The predicted molar refractivity (Wildman–Crippen MR) is 83.8 cm³/mol. The van der Waals surface area contributed by atoms with Gasteiger partial charge in [0.05, 0.1) is 4.92 Å². The van der Waals surface area contributed by atoms with Gasteiger partial charge in [-0.05, 0) is 28.1 Å². The molecule has 0 bridgehead atoms. The SMILES string of the molecule is CN(Cc1cc(Br)cs1)S(=O)(=O)c1ccccc1[N+](=O)[O-]. The van der Waals surface area contributed by atoms with Crippen LogP contribution in [0.2, 0.25) is 0 Å². The van der Waals surface area contributed by atoms with E-state index in [2.05, 4.69) is 15.9 Å². The van der Waals surface area contributed by atoms with E-state index in [1.54, 1.807) is 0 Å². The van der Waals surface area contributed by atoms with E-state index >= 15 is 0 Å². The van der Waals surface area contributed by atoms with Crippen LogP contribution in [0.15, 0.2) is 45.1 Å². The van der Waals surface area contributed by atoms with Gasteiger partial charge in [0, 0.05) is 34.4 Å². The number of thiophene rings is 1. The second-order valence-corrected chi connectivity index (χ2v) is 8.14. The second-order valence-electron chi connectivity index (χ2n) is 4.22. The van der Waals surface area contributed by atoms with Crippen LogP contribution in [0.5, 0.6) is 0 Å². The number of nitro groups is 1. The zero-order valence-corrected chi connectivity index (χ0v) is 14.1. The van der Waals surface area contributed by atoms with Crippen molar-refractivity contribution < 1.29 is 13.3 Å². The first-order valence-electron chi connectivity index (χ1n) is 5.75. The van der Waals surface area contributed by atoms with E-state index in [0.717, 1.165) is 13.7 Å². The highest BCUT2D eigenvalue weighted by Crippen LogP contribution is 2.28. The van der Waals surface area contributed by atoms with Crippen molar-refractivity contribution in [2.24, 2.45) is 0 Å². The van der Waals surface area contributed by atoms with Crippen molar-refractivity contribution in [1.82, 2.24) is 4.31 Å². The topological polar surface area (TPSA) is 80.5 Å². The third-order valence-corrected chi connectivity index (χ3v) is 6.28. The number of benzene rings is 1. The maximum atomic E-state index is 12.5. The molecule has 112 valence electrons. The molecule has 1 aromatic heterocycles. The smallest absolute Gasteiger partial charge is 0.258 e. The zero-order chi connectivity index (χ0) is 15.6. The Labute approximate surface area is 134 Å². The molecule has 0 spiro atoms. The number of nitro benzene ring substituents is 1. The number of hydrogen-bond donors (Lipinski definition) is 0. The summed E-state index contributed by atoms with van der Waals surface area (Å²) in [5.41, 5.74) is -0.420. The van der Waals surface area contributed by atoms with E-state index in [0.29, 0.717) is 0 Å². The number of hydrogen-bond acceptors (Lipinski definition) is 5. The van der Waals surface area contributed by atoms with Crippen molar-refractivity contribution in [3.05, 3.63) is 55.2 Å². The fraction of sp³-hybridized carbons (Fsp3) is 0.167. The van der Waals surface area contributed by atoms with Gasteiger partial charge in [0.2, 0.25) is 10.0 Å². The summed E-state index contributed by atoms with van der Waals surface area (Å²) in [5, 5.41) is 12.8. The van der Waals surface area contributed by atoms with Crippen LogP contribution in [0.25, 0.3) is 0 Å². The number of rotatable bonds is 5. The van der Waals surface area contributed by atoms with Gasteiger partial charge in [-0.1, -0.05) is 12.1 Å². The molecular formula is C12H11BrN2O4S2. The highest BCUT2D eigenvalue weighted by atomic mass is 79.9. The standard InChI is InChI=1S/C12H11BrN2O4S2/c1-14(7-10-6-9(13)8-20-10)21(18,19)12-5-3-2-4-11(12)15(16)17/h2-6,8H,7H2,1H3.